The molecule has 0 radical (unpaired) electrons. The predicted molar refractivity (Wildman–Crippen MR) is 394 cm³/mol. The van der Waals surface area contributed by atoms with Gasteiger partial charge in [0.05, 0.1) is 43.3 Å². The molecule has 4 aromatic rings. The average Bonchev–Trinajstić information content (AvgIpc) is 1.62. The van der Waals surface area contributed by atoms with Crippen LogP contribution < -0.4 is 65.5 Å². The summed E-state index contributed by atoms with van der Waals surface area (Å²) in [7, 11) is 0. The third-order valence-electron chi connectivity index (χ3n) is 19.7. The number of rotatable bonds is 21. The minimum Gasteiger partial charge on any atom is -0.481 e. The number of esters is 1. The van der Waals surface area contributed by atoms with Gasteiger partial charge in [0.25, 0.3) is 0 Å². The summed E-state index contributed by atoms with van der Waals surface area (Å²) in [5, 5.41) is 50.2. The van der Waals surface area contributed by atoms with Gasteiger partial charge in [-0.3, -0.25) is 77.5 Å². The van der Waals surface area contributed by atoms with E-state index in [-0.39, 0.29) is 121 Å². The summed E-state index contributed by atoms with van der Waals surface area (Å²) in [6.07, 6.45) is -1.43. The number of amides is 10. The van der Waals surface area contributed by atoms with E-state index in [0.29, 0.717) is 17.6 Å². The van der Waals surface area contributed by atoms with Crippen LogP contribution >= 0.6 is 0 Å². The number of benzene rings is 3. The van der Waals surface area contributed by atoms with Crippen molar-refractivity contribution in [3.05, 3.63) is 108 Å². The number of aliphatic imine (C=N–C) groups is 1. The van der Waals surface area contributed by atoms with Crippen LogP contribution in [0.5, 0.6) is 0 Å². The first-order chi connectivity index (χ1) is 51.7. The Hall–Kier alpha value is -11.4. The Morgan fingerprint density at radius 3 is 1.94 bits per heavy atom. The van der Waals surface area contributed by atoms with E-state index >= 15 is 4.79 Å². The zero-order chi connectivity index (χ0) is 78.1. The Morgan fingerprint density at radius 1 is 0.639 bits per heavy atom. The number of H-pyrrole nitrogens is 1. The molecule has 4 aliphatic rings. The van der Waals surface area contributed by atoms with Crippen LogP contribution in [0.1, 0.15) is 152 Å². The summed E-state index contributed by atoms with van der Waals surface area (Å²) in [6, 6.07) is 10.3. The number of fused-ring (bicyclic) bond motifs is 13. The number of carbonyl (C=O) groups is 14. The number of aliphatic hydroxyl groups excluding tert-OH is 1. The van der Waals surface area contributed by atoms with Crippen LogP contribution in [0, 0.1) is 17.2 Å². The van der Waals surface area contributed by atoms with E-state index in [4.69, 9.17) is 33.1 Å². The third kappa shape index (κ3) is 23.6. The largest absolute Gasteiger partial charge is 0.481 e. The Kier molecular flexibility index (Phi) is 30.3. The minimum atomic E-state index is -1.95. The second-order valence-electron chi connectivity index (χ2n) is 27.8. The normalized spacial score (nSPS) is 24.2. The molecule has 1 aliphatic carbocycles. The Bertz CT molecular complexity index is 3980. The Balaban J connectivity index is 1.18. The van der Waals surface area contributed by atoms with E-state index in [1.165, 1.54) is 19.1 Å². The molecule has 3 aromatic carbocycles. The molecule has 3 aliphatic heterocycles. The van der Waals surface area contributed by atoms with Crippen molar-refractivity contribution >= 4 is 105 Å². The molecule has 2 fully saturated rings. The number of nitrogens with one attached hydrogen (secondary N) is 10. The van der Waals surface area contributed by atoms with E-state index in [1.807, 2.05) is 54.6 Å². The van der Waals surface area contributed by atoms with Gasteiger partial charge in [0.15, 0.2) is 17.5 Å². The monoisotopic (exact) mass is 1490 g/mol. The lowest BCUT2D eigenvalue weighted by molar-refractivity contribution is -0.146. The fourth-order valence-electron chi connectivity index (χ4n) is 13.9. The molecule has 0 spiro atoms. The van der Waals surface area contributed by atoms with Gasteiger partial charge < -0.3 is 90.3 Å². The molecule has 33 heteroatoms. The van der Waals surface area contributed by atoms with Gasteiger partial charge in [0.2, 0.25) is 59.1 Å². The van der Waals surface area contributed by atoms with E-state index in [9.17, 15) is 72.5 Å². The van der Waals surface area contributed by atoms with Gasteiger partial charge >= 0.3 is 11.9 Å². The number of primary amides is 1. The first-order valence-electron chi connectivity index (χ1n) is 36.5. The van der Waals surface area contributed by atoms with E-state index < -0.39 is 194 Å². The van der Waals surface area contributed by atoms with Gasteiger partial charge in [0, 0.05) is 61.8 Å². The van der Waals surface area contributed by atoms with Crippen LogP contribution in [0.3, 0.4) is 0 Å². The van der Waals surface area contributed by atoms with Gasteiger partial charge in [-0.1, -0.05) is 98.1 Å². The van der Waals surface area contributed by atoms with Gasteiger partial charge in [-0.25, -0.2) is 0 Å². The number of nitrogens with two attached hydrogens (primary N) is 4. The molecule has 4 heterocycles. The number of allylic oxidation sites excluding steroid dienone is 1. The van der Waals surface area contributed by atoms with Gasteiger partial charge in [-0.2, -0.15) is 0 Å². The number of hydrogen-bond donors (Lipinski definition) is 16. The smallest absolute Gasteiger partial charge is 0.306 e. The molecule has 0 saturated carbocycles. The van der Waals surface area contributed by atoms with Crippen LogP contribution in [0.15, 0.2) is 96.0 Å². The van der Waals surface area contributed by atoms with Crippen molar-refractivity contribution in [1.82, 2.24) is 52.4 Å². The number of guanidine groups is 1. The number of carbonyl (C=O) groups excluding carboxylic acids is 13. The number of ether oxygens (including phenoxy) is 1. The lowest BCUT2D eigenvalue weighted by Gasteiger charge is -2.30. The summed E-state index contributed by atoms with van der Waals surface area (Å²) < 4.78 is 5.77. The number of para-hydroxylation sites is 1. The van der Waals surface area contributed by atoms with Crippen LogP contribution in [0.4, 0.5) is 0 Å². The molecule has 11 atom stereocenters. The SMILES string of the molecule is C[C@@H]1NC(=O)[C@@H]2CCCC[C@H](NC(=O)CCC(=O)OCC3c4ccccc4-c4ccccc43)C(=O)C[C@@H](CC=CC[C@@H](C(N)=O)NC(=O)[C@H](CCCCC(=N)N)NC(=O)[C@H](Cc3cc4ccccc4[nH]3)CC1=O)C(=O)N[C@@H](CO)C(=O)N[C@@H](CC(=O)O)C(=O)N1CCCC1C(=O)N[C@@H](CCCN=C(N)N)C(=O)N2. The lowest BCUT2D eigenvalue weighted by Crippen LogP contribution is -2.59. The summed E-state index contributed by atoms with van der Waals surface area (Å²) in [6.45, 7) is -0.0607. The minimum absolute atomic E-state index is 0.0145. The summed E-state index contributed by atoms with van der Waals surface area (Å²) in [5.74, 6) is -17.1. The van der Waals surface area contributed by atoms with Crippen molar-refractivity contribution in [3.63, 3.8) is 0 Å². The molecule has 8 rings (SSSR count). The van der Waals surface area contributed by atoms with Crippen molar-refractivity contribution in [3.8, 4) is 11.1 Å². The number of aliphatic carboxylic acids is 1. The van der Waals surface area contributed by atoms with Gasteiger partial charge in [0.1, 0.15) is 48.9 Å². The number of aromatic nitrogens is 1. The predicted octanol–water partition coefficient (Wildman–Crippen LogP) is 0.313. The van der Waals surface area contributed by atoms with Crippen molar-refractivity contribution < 1.29 is 82.1 Å². The van der Waals surface area contributed by atoms with Crippen molar-refractivity contribution in [2.45, 2.75) is 196 Å². The van der Waals surface area contributed by atoms with Crippen LogP contribution in [-0.2, 0) is 78.3 Å². The number of amidine groups is 1. The molecule has 20 N–H and O–H groups in total. The number of ketones is 2. The van der Waals surface area contributed by atoms with Crippen molar-refractivity contribution in [2.75, 3.05) is 26.3 Å². The van der Waals surface area contributed by atoms with Gasteiger partial charge in [-0.15, -0.1) is 0 Å². The molecular weight excluding hydrogens is 1400 g/mol. The molecule has 2 saturated heterocycles. The quantitative estimate of drug-likeness (QED) is 0.0175. The molecule has 1 unspecified atom stereocenters. The maximum atomic E-state index is 15.1. The zero-order valence-electron chi connectivity index (χ0n) is 60.3. The lowest BCUT2D eigenvalue weighted by atomic mass is 9.91. The molecular formula is C75H98N16O17. The summed E-state index contributed by atoms with van der Waals surface area (Å²) >= 11 is 0. The second kappa shape index (κ2) is 39.8. The number of Topliss-reactive ketones (excluding diaryl/α,β-unsaturated/α-hetero) is 2. The highest BCUT2D eigenvalue weighted by molar-refractivity contribution is 6.00. The number of aliphatic hydroxyl groups is 1. The highest BCUT2D eigenvalue weighted by atomic mass is 16.5. The average molecular weight is 1500 g/mol. The number of nitrogens with zero attached hydrogens (tertiary/aromatic N) is 2. The van der Waals surface area contributed by atoms with Crippen LogP contribution in [0.25, 0.3) is 22.0 Å². The topological polar surface area (TPSA) is 544 Å². The number of unbranched alkanes of at least 4 members (excludes halogenated alkanes) is 1. The number of hydrogen-bond acceptors (Lipinski definition) is 18. The highest BCUT2D eigenvalue weighted by Crippen LogP contribution is 2.44. The van der Waals surface area contributed by atoms with E-state index in [2.05, 4.69) is 52.5 Å². The fourth-order valence-corrected chi connectivity index (χ4v) is 13.9. The molecule has 33 nitrogen and oxygen atoms in total. The summed E-state index contributed by atoms with van der Waals surface area (Å²) in [5.41, 5.74) is 27.9. The number of carboxylic acid groups (broad SMARTS) is 1. The third-order valence-corrected chi connectivity index (χ3v) is 19.7. The molecule has 2 bridgehead atoms. The highest BCUT2D eigenvalue weighted by Gasteiger charge is 2.42. The van der Waals surface area contributed by atoms with Gasteiger partial charge in [-0.05, 0) is 117 Å². The Morgan fingerprint density at radius 2 is 1.27 bits per heavy atom. The molecule has 580 valence electrons. The van der Waals surface area contributed by atoms with Crippen molar-refractivity contribution in [1.29, 1.82) is 5.41 Å². The number of aromatic amines is 1. The molecule has 108 heavy (non-hydrogen) atoms. The van der Waals surface area contributed by atoms with E-state index in [0.717, 1.165) is 32.5 Å². The van der Waals surface area contributed by atoms with Crippen LogP contribution in [0.2, 0.25) is 0 Å². The first kappa shape index (κ1) is 82.3. The van der Waals surface area contributed by atoms with E-state index in [1.54, 1.807) is 24.3 Å². The fraction of sp³-hybridized carbons (Fsp3) is 0.493. The number of carboxylic acids is 1. The first-order valence-corrected chi connectivity index (χ1v) is 36.5. The molecule has 1 aromatic heterocycles. The standard InChI is InChI=1S/C75H98N16O17/c1-41-60(93)37-44(35-45-34-42-16-2-8-22-51(42)83-45)68(101)86-55(26-12-13-29-62(76)77)70(103)85-53(66(78)99)24-9-3-17-43-36-61(94)52(84-63(95)30-31-65(98)108-40-50-48-20-6-4-18-46(48)47-19-5-7-21-49(47)50)23-10-11-25-54(69(102)82-41)87-71(104)56(27-14-32-81-75(79)80)88-73(106)59-28-15-33-91(59)74(107)57(38-64(96)97)89-72(105)58(39-92)90-67(43)100/h2-9,16,18-22,34,41,43-44,50,52-59,83,92H,10-15,17,23-33,35-40H2,1H3,(H3,76,77)(H2,78,99)(H,82,102)(H,84,95)(H,85,103)(H,86,101)(H,87,104)(H,88,106)(H,89,105)(H,90,100)(H,96,97)(H4,79,80,81)/t41-,43+,44+,52-,53-,54-,55-,56-,57-,58-,59?/m0/s1. The van der Waals surface area contributed by atoms with Crippen LogP contribution in [-0.4, -0.2) is 195 Å². The maximum Gasteiger partial charge on any atom is 0.306 e. The second-order valence-corrected chi connectivity index (χ2v) is 27.8. The summed E-state index contributed by atoms with van der Waals surface area (Å²) in [4.78, 5) is 209. The molecule has 10 amide bonds. The van der Waals surface area contributed by atoms with Crippen molar-refractivity contribution in [2.24, 2.45) is 39.8 Å². The zero-order valence-corrected chi connectivity index (χ0v) is 60.3. The maximum absolute atomic E-state index is 15.1. The Labute approximate surface area is 623 Å².